The molecule has 0 saturated heterocycles. The molecule has 0 atom stereocenters. The standard InChI is InChI=1S/C15H15NO4S/c1-19-12-4-5-13(20-2)11(7-12)9-21-14-6-3-10(8-16-14)15(17)18/h3-8H,9H2,1-2H3,(H,17,18). The number of aromatic nitrogens is 1. The van der Waals surface area contributed by atoms with Gasteiger partial charge in [0.25, 0.3) is 0 Å². The first-order valence-electron chi connectivity index (χ1n) is 6.17. The summed E-state index contributed by atoms with van der Waals surface area (Å²) in [4.78, 5) is 14.9. The van der Waals surface area contributed by atoms with Crippen LogP contribution in [0.3, 0.4) is 0 Å². The molecule has 2 aromatic rings. The first-order chi connectivity index (χ1) is 10.1. The fraction of sp³-hybridized carbons (Fsp3) is 0.200. The maximum Gasteiger partial charge on any atom is 0.337 e. The van der Waals surface area contributed by atoms with Crippen molar-refractivity contribution >= 4 is 17.7 Å². The fourth-order valence-corrected chi connectivity index (χ4v) is 2.56. The lowest BCUT2D eigenvalue weighted by atomic mass is 10.2. The molecule has 0 fully saturated rings. The van der Waals surface area contributed by atoms with Crippen molar-refractivity contribution in [3.63, 3.8) is 0 Å². The Morgan fingerprint density at radius 1 is 1.24 bits per heavy atom. The molecule has 0 bridgehead atoms. The van der Waals surface area contributed by atoms with Crippen LogP contribution in [0.5, 0.6) is 11.5 Å². The Balaban J connectivity index is 2.10. The maximum atomic E-state index is 10.8. The Labute approximate surface area is 126 Å². The van der Waals surface area contributed by atoms with E-state index in [0.717, 1.165) is 22.1 Å². The number of benzene rings is 1. The van der Waals surface area contributed by atoms with Crippen molar-refractivity contribution in [1.82, 2.24) is 4.98 Å². The third-order valence-electron chi connectivity index (χ3n) is 2.85. The highest BCUT2D eigenvalue weighted by Gasteiger charge is 2.07. The number of pyridine rings is 1. The second-order valence-corrected chi connectivity index (χ2v) is 5.15. The van der Waals surface area contributed by atoms with Gasteiger partial charge in [0.15, 0.2) is 0 Å². The Kier molecular flexibility index (Phi) is 5.05. The average Bonchev–Trinajstić information content (AvgIpc) is 2.52. The summed E-state index contributed by atoms with van der Waals surface area (Å²) in [5.74, 6) is 1.22. The summed E-state index contributed by atoms with van der Waals surface area (Å²) < 4.78 is 10.5. The summed E-state index contributed by atoms with van der Waals surface area (Å²) in [5, 5.41) is 9.59. The summed E-state index contributed by atoms with van der Waals surface area (Å²) in [5.41, 5.74) is 1.17. The van der Waals surface area contributed by atoms with Crippen LogP contribution in [0.25, 0.3) is 0 Å². The van der Waals surface area contributed by atoms with E-state index in [0.29, 0.717) is 5.75 Å². The number of carboxylic acid groups (broad SMARTS) is 1. The number of ether oxygens (including phenoxy) is 2. The van der Waals surface area contributed by atoms with Gasteiger partial charge in [-0.05, 0) is 30.3 Å². The van der Waals surface area contributed by atoms with Crippen LogP contribution in [0.1, 0.15) is 15.9 Å². The van der Waals surface area contributed by atoms with Gasteiger partial charge in [0.1, 0.15) is 11.5 Å². The second-order valence-electron chi connectivity index (χ2n) is 4.16. The number of carboxylic acids is 1. The molecule has 0 aliphatic rings. The monoisotopic (exact) mass is 305 g/mol. The first-order valence-corrected chi connectivity index (χ1v) is 7.15. The lowest BCUT2D eigenvalue weighted by molar-refractivity contribution is 0.0696. The highest BCUT2D eigenvalue weighted by Crippen LogP contribution is 2.30. The molecular formula is C15H15NO4S. The molecule has 0 saturated carbocycles. The lowest BCUT2D eigenvalue weighted by Gasteiger charge is -2.10. The second kappa shape index (κ2) is 6.99. The van der Waals surface area contributed by atoms with E-state index in [1.807, 2.05) is 18.2 Å². The van der Waals surface area contributed by atoms with Crippen LogP contribution in [0.4, 0.5) is 0 Å². The van der Waals surface area contributed by atoms with Gasteiger partial charge in [0.2, 0.25) is 0 Å². The van der Waals surface area contributed by atoms with E-state index in [2.05, 4.69) is 4.98 Å². The molecule has 0 aliphatic heterocycles. The van der Waals surface area contributed by atoms with Crippen molar-refractivity contribution in [1.29, 1.82) is 0 Å². The Hall–Kier alpha value is -2.21. The molecule has 0 aliphatic carbocycles. The van der Waals surface area contributed by atoms with Gasteiger partial charge >= 0.3 is 5.97 Å². The van der Waals surface area contributed by atoms with Gasteiger partial charge in [-0.15, -0.1) is 11.8 Å². The predicted molar refractivity (Wildman–Crippen MR) is 80.3 cm³/mol. The van der Waals surface area contributed by atoms with E-state index >= 15 is 0 Å². The quantitative estimate of drug-likeness (QED) is 0.827. The zero-order valence-corrected chi connectivity index (χ0v) is 12.5. The zero-order chi connectivity index (χ0) is 15.2. The van der Waals surface area contributed by atoms with Gasteiger partial charge in [-0.25, -0.2) is 9.78 Å². The number of aromatic carboxylic acids is 1. The number of nitrogens with zero attached hydrogens (tertiary/aromatic N) is 1. The molecule has 0 unspecified atom stereocenters. The minimum atomic E-state index is -0.978. The zero-order valence-electron chi connectivity index (χ0n) is 11.7. The van der Waals surface area contributed by atoms with Crippen molar-refractivity contribution in [3.05, 3.63) is 47.7 Å². The molecule has 5 nitrogen and oxygen atoms in total. The predicted octanol–water partition coefficient (Wildman–Crippen LogP) is 3.09. The third kappa shape index (κ3) is 3.88. The number of rotatable bonds is 6. The Morgan fingerprint density at radius 2 is 2.05 bits per heavy atom. The molecule has 1 aromatic carbocycles. The highest BCUT2D eigenvalue weighted by atomic mass is 32.2. The maximum absolute atomic E-state index is 10.8. The van der Waals surface area contributed by atoms with Gasteiger partial charge in [0, 0.05) is 17.5 Å². The highest BCUT2D eigenvalue weighted by molar-refractivity contribution is 7.98. The first kappa shape index (κ1) is 15.2. The Bertz CT molecular complexity index is 628. The number of hydrogen-bond acceptors (Lipinski definition) is 5. The average molecular weight is 305 g/mol. The fourth-order valence-electron chi connectivity index (χ4n) is 1.74. The van der Waals surface area contributed by atoms with Crippen LogP contribution in [0.15, 0.2) is 41.6 Å². The summed E-state index contributed by atoms with van der Waals surface area (Å²) in [6.07, 6.45) is 1.35. The van der Waals surface area contributed by atoms with Crippen molar-refractivity contribution in [2.75, 3.05) is 14.2 Å². The molecule has 6 heteroatoms. The van der Waals surface area contributed by atoms with Crippen molar-refractivity contribution in [3.8, 4) is 11.5 Å². The summed E-state index contributed by atoms with van der Waals surface area (Å²) in [7, 11) is 3.24. The molecule has 110 valence electrons. The summed E-state index contributed by atoms with van der Waals surface area (Å²) in [6.45, 7) is 0. The van der Waals surface area contributed by atoms with E-state index in [1.54, 1.807) is 26.4 Å². The van der Waals surface area contributed by atoms with Crippen LogP contribution in [0.2, 0.25) is 0 Å². The molecule has 1 N–H and O–H groups in total. The van der Waals surface area contributed by atoms with Crippen LogP contribution in [-0.2, 0) is 5.75 Å². The molecule has 1 heterocycles. The van der Waals surface area contributed by atoms with Gasteiger partial charge in [-0.2, -0.15) is 0 Å². The third-order valence-corrected chi connectivity index (χ3v) is 3.84. The SMILES string of the molecule is COc1ccc(OC)c(CSc2ccc(C(=O)O)cn2)c1. The van der Waals surface area contributed by atoms with E-state index in [1.165, 1.54) is 18.0 Å². The van der Waals surface area contributed by atoms with Crippen LogP contribution in [0, 0.1) is 0 Å². The van der Waals surface area contributed by atoms with Crippen LogP contribution >= 0.6 is 11.8 Å². The van der Waals surface area contributed by atoms with Gasteiger partial charge in [-0.1, -0.05) is 0 Å². The normalized spacial score (nSPS) is 10.2. The van der Waals surface area contributed by atoms with Crippen molar-refractivity contribution in [2.24, 2.45) is 0 Å². The van der Waals surface area contributed by atoms with Gasteiger partial charge in [-0.3, -0.25) is 0 Å². The molecule has 1 aromatic heterocycles. The van der Waals surface area contributed by atoms with Crippen molar-refractivity contribution in [2.45, 2.75) is 10.8 Å². The lowest BCUT2D eigenvalue weighted by Crippen LogP contribution is -1.97. The van der Waals surface area contributed by atoms with E-state index < -0.39 is 5.97 Å². The van der Waals surface area contributed by atoms with Crippen LogP contribution in [-0.4, -0.2) is 30.3 Å². The number of methoxy groups -OCH3 is 2. The topological polar surface area (TPSA) is 68.7 Å². The minimum absolute atomic E-state index is 0.179. The number of thioether (sulfide) groups is 1. The Morgan fingerprint density at radius 3 is 2.62 bits per heavy atom. The number of hydrogen-bond donors (Lipinski definition) is 1. The largest absolute Gasteiger partial charge is 0.497 e. The molecule has 2 rings (SSSR count). The van der Waals surface area contributed by atoms with E-state index in [9.17, 15) is 4.79 Å². The molecule has 21 heavy (non-hydrogen) atoms. The molecular weight excluding hydrogens is 290 g/mol. The minimum Gasteiger partial charge on any atom is -0.497 e. The van der Waals surface area contributed by atoms with Crippen molar-refractivity contribution < 1.29 is 19.4 Å². The molecule has 0 amide bonds. The molecule has 0 radical (unpaired) electrons. The van der Waals surface area contributed by atoms with E-state index in [-0.39, 0.29) is 5.56 Å². The summed E-state index contributed by atoms with van der Waals surface area (Å²) in [6, 6.07) is 8.85. The van der Waals surface area contributed by atoms with Crippen LogP contribution < -0.4 is 9.47 Å². The summed E-state index contributed by atoms with van der Waals surface area (Å²) >= 11 is 1.50. The molecule has 0 spiro atoms. The van der Waals surface area contributed by atoms with Gasteiger partial charge in [0.05, 0.1) is 24.8 Å². The smallest absolute Gasteiger partial charge is 0.337 e. The van der Waals surface area contributed by atoms with Gasteiger partial charge < -0.3 is 14.6 Å². The van der Waals surface area contributed by atoms with E-state index in [4.69, 9.17) is 14.6 Å². The number of carbonyl (C=O) groups is 1.